The molecule has 0 spiro atoms. The lowest BCUT2D eigenvalue weighted by atomic mass is 10.1. The number of nitrogens with zero attached hydrogens (tertiary/aromatic N) is 1. The first-order valence-corrected chi connectivity index (χ1v) is 3.18. The van der Waals surface area contributed by atoms with Gasteiger partial charge in [-0.1, -0.05) is 0 Å². The van der Waals surface area contributed by atoms with Gasteiger partial charge in [0.2, 0.25) is 0 Å². The Labute approximate surface area is 75.0 Å². The molecule has 0 aromatic heterocycles. The fourth-order valence-electron chi connectivity index (χ4n) is 0.841. The first kappa shape index (κ1) is 10.9. The number of benzene rings is 1. The summed E-state index contributed by atoms with van der Waals surface area (Å²) in [6, 6.07) is 5.86. The Balaban J connectivity index is 0.00000144. The van der Waals surface area contributed by atoms with Crippen LogP contribution in [0, 0.1) is 11.3 Å². The van der Waals surface area contributed by atoms with E-state index in [9.17, 15) is 4.79 Å². The molecule has 0 aliphatic carbocycles. The number of carboxylic acid groups (broad SMARTS) is 1. The van der Waals surface area contributed by atoms with Gasteiger partial charge in [-0.25, -0.2) is 4.79 Å². The summed E-state index contributed by atoms with van der Waals surface area (Å²) in [5, 5.41) is 17.1. The van der Waals surface area contributed by atoms with E-state index < -0.39 is 5.97 Å². The van der Waals surface area contributed by atoms with Crippen LogP contribution < -0.4 is 11.9 Å². The summed E-state index contributed by atoms with van der Waals surface area (Å²) < 4.78 is 0. The van der Waals surface area contributed by atoms with Gasteiger partial charge in [-0.15, -0.1) is 0 Å². The Kier molecular flexibility index (Phi) is 3.44. The van der Waals surface area contributed by atoms with Crippen molar-refractivity contribution in [3.63, 3.8) is 0 Å². The topological polar surface area (TPSA) is 122 Å². The predicted molar refractivity (Wildman–Crippen MR) is 47.6 cm³/mol. The van der Waals surface area contributed by atoms with E-state index in [0.29, 0.717) is 5.69 Å². The van der Waals surface area contributed by atoms with Gasteiger partial charge < -0.3 is 17.0 Å². The SMILES string of the molecule is N.N#Cc1cc(N)ccc1C(=O)O. The van der Waals surface area contributed by atoms with Crippen LogP contribution in [0.15, 0.2) is 18.2 Å². The van der Waals surface area contributed by atoms with Crippen LogP contribution in [0.5, 0.6) is 0 Å². The minimum absolute atomic E-state index is 0. The Morgan fingerprint density at radius 1 is 1.54 bits per heavy atom. The summed E-state index contributed by atoms with van der Waals surface area (Å²) in [5.41, 5.74) is 5.81. The van der Waals surface area contributed by atoms with E-state index in [1.807, 2.05) is 0 Å². The fraction of sp³-hybridized carbons (Fsp3) is 0. The van der Waals surface area contributed by atoms with Gasteiger partial charge in [0, 0.05) is 5.69 Å². The first-order chi connectivity index (χ1) is 5.65. The number of hydrogen-bond donors (Lipinski definition) is 3. The van der Waals surface area contributed by atoms with E-state index in [1.165, 1.54) is 18.2 Å². The minimum Gasteiger partial charge on any atom is -0.478 e. The number of anilines is 1. The Hall–Kier alpha value is -2.06. The average molecular weight is 179 g/mol. The Morgan fingerprint density at radius 3 is 2.62 bits per heavy atom. The second kappa shape index (κ2) is 4.09. The van der Waals surface area contributed by atoms with Crippen molar-refractivity contribution in [3.05, 3.63) is 29.3 Å². The molecular weight excluding hydrogens is 170 g/mol. The zero-order valence-electron chi connectivity index (χ0n) is 6.82. The highest BCUT2D eigenvalue weighted by atomic mass is 16.4. The molecule has 0 fully saturated rings. The molecule has 0 bridgehead atoms. The van der Waals surface area contributed by atoms with Crippen LogP contribution in [0.1, 0.15) is 15.9 Å². The highest BCUT2D eigenvalue weighted by molar-refractivity contribution is 5.91. The van der Waals surface area contributed by atoms with E-state index in [4.69, 9.17) is 16.1 Å². The van der Waals surface area contributed by atoms with Crippen molar-refractivity contribution in [2.75, 3.05) is 5.73 Å². The monoisotopic (exact) mass is 179 g/mol. The molecule has 0 atom stereocenters. The number of nitrogens with two attached hydrogens (primary N) is 1. The molecule has 0 heterocycles. The second-order valence-electron chi connectivity index (χ2n) is 2.22. The highest BCUT2D eigenvalue weighted by Crippen LogP contribution is 2.12. The molecule has 0 aliphatic rings. The molecule has 1 aromatic rings. The van der Waals surface area contributed by atoms with Crippen LogP contribution in [0.4, 0.5) is 5.69 Å². The van der Waals surface area contributed by atoms with Crippen molar-refractivity contribution < 1.29 is 9.90 Å². The summed E-state index contributed by atoms with van der Waals surface area (Å²) in [6.07, 6.45) is 0. The van der Waals surface area contributed by atoms with Crippen LogP contribution in [0.25, 0.3) is 0 Å². The van der Waals surface area contributed by atoms with Crippen molar-refractivity contribution in [2.45, 2.75) is 0 Å². The molecule has 0 radical (unpaired) electrons. The molecule has 0 aliphatic heterocycles. The third kappa shape index (κ3) is 2.18. The smallest absolute Gasteiger partial charge is 0.337 e. The lowest BCUT2D eigenvalue weighted by Gasteiger charge is -1.98. The predicted octanol–water partition coefficient (Wildman–Crippen LogP) is 1.00. The van der Waals surface area contributed by atoms with Crippen LogP contribution in [-0.4, -0.2) is 11.1 Å². The number of carbonyl (C=O) groups is 1. The molecule has 5 heteroatoms. The number of nitriles is 1. The normalized spacial score (nSPS) is 8.23. The van der Waals surface area contributed by atoms with Crippen molar-refractivity contribution in [1.29, 1.82) is 5.26 Å². The lowest BCUT2D eigenvalue weighted by Crippen LogP contribution is -2.00. The molecular formula is C8H9N3O2. The molecule has 6 N–H and O–H groups in total. The fourth-order valence-corrected chi connectivity index (χ4v) is 0.841. The van der Waals surface area contributed by atoms with Crippen LogP contribution in [-0.2, 0) is 0 Å². The van der Waals surface area contributed by atoms with Gasteiger partial charge >= 0.3 is 5.97 Å². The van der Waals surface area contributed by atoms with Crippen molar-refractivity contribution in [2.24, 2.45) is 0 Å². The second-order valence-corrected chi connectivity index (χ2v) is 2.22. The Morgan fingerprint density at radius 2 is 2.15 bits per heavy atom. The largest absolute Gasteiger partial charge is 0.478 e. The lowest BCUT2D eigenvalue weighted by molar-refractivity contribution is 0.0696. The third-order valence-electron chi connectivity index (χ3n) is 1.39. The summed E-state index contributed by atoms with van der Waals surface area (Å²) in [6.45, 7) is 0. The molecule has 13 heavy (non-hydrogen) atoms. The van der Waals surface area contributed by atoms with Gasteiger partial charge in [-0.2, -0.15) is 5.26 Å². The molecule has 5 nitrogen and oxygen atoms in total. The molecule has 68 valence electrons. The van der Waals surface area contributed by atoms with Gasteiger partial charge in [-0.05, 0) is 18.2 Å². The maximum Gasteiger partial charge on any atom is 0.337 e. The van der Waals surface area contributed by atoms with E-state index >= 15 is 0 Å². The van der Waals surface area contributed by atoms with Crippen LogP contribution in [0.2, 0.25) is 0 Å². The summed E-state index contributed by atoms with van der Waals surface area (Å²) in [5.74, 6) is -1.12. The van der Waals surface area contributed by atoms with E-state index in [2.05, 4.69) is 0 Å². The minimum atomic E-state index is -1.12. The van der Waals surface area contributed by atoms with Crippen molar-refractivity contribution in [1.82, 2.24) is 6.15 Å². The van der Waals surface area contributed by atoms with Gasteiger partial charge in [0.1, 0.15) is 6.07 Å². The van der Waals surface area contributed by atoms with E-state index in [0.717, 1.165) is 0 Å². The molecule has 0 saturated carbocycles. The summed E-state index contributed by atoms with van der Waals surface area (Å²) in [4.78, 5) is 10.5. The molecule has 1 rings (SSSR count). The molecule has 0 unspecified atom stereocenters. The quantitative estimate of drug-likeness (QED) is 0.555. The zero-order chi connectivity index (χ0) is 9.14. The summed E-state index contributed by atoms with van der Waals surface area (Å²) >= 11 is 0. The molecule has 1 aromatic carbocycles. The number of carboxylic acids is 1. The molecule has 0 amide bonds. The summed E-state index contributed by atoms with van der Waals surface area (Å²) in [7, 11) is 0. The van der Waals surface area contributed by atoms with Crippen molar-refractivity contribution in [3.8, 4) is 6.07 Å². The highest BCUT2D eigenvalue weighted by Gasteiger charge is 2.08. The maximum absolute atomic E-state index is 10.5. The van der Waals surface area contributed by atoms with Crippen LogP contribution in [0.3, 0.4) is 0 Å². The number of nitrogen functional groups attached to an aromatic ring is 1. The number of hydrogen-bond acceptors (Lipinski definition) is 4. The van der Waals surface area contributed by atoms with Crippen LogP contribution >= 0.6 is 0 Å². The average Bonchev–Trinajstić information content (AvgIpc) is 2.03. The van der Waals surface area contributed by atoms with Gasteiger partial charge in [0.15, 0.2) is 0 Å². The standard InChI is InChI=1S/C8H6N2O2.H3N/c9-4-5-3-6(10)1-2-7(5)8(11)12;/h1-3H,10H2,(H,11,12);1H3. The maximum atomic E-state index is 10.5. The van der Waals surface area contributed by atoms with Gasteiger partial charge in [0.05, 0.1) is 11.1 Å². The third-order valence-corrected chi connectivity index (χ3v) is 1.39. The van der Waals surface area contributed by atoms with Gasteiger partial charge in [0.25, 0.3) is 0 Å². The number of rotatable bonds is 1. The first-order valence-electron chi connectivity index (χ1n) is 3.18. The Bertz CT molecular complexity index is 368. The van der Waals surface area contributed by atoms with E-state index in [-0.39, 0.29) is 17.3 Å². The van der Waals surface area contributed by atoms with Crippen molar-refractivity contribution >= 4 is 11.7 Å². The van der Waals surface area contributed by atoms with Gasteiger partial charge in [-0.3, -0.25) is 0 Å². The molecule has 0 saturated heterocycles. The van der Waals surface area contributed by atoms with E-state index in [1.54, 1.807) is 6.07 Å². The number of aromatic carboxylic acids is 1. The zero-order valence-corrected chi connectivity index (χ0v) is 6.82.